The molecule has 4 rings (SSSR count). The summed E-state index contributed by atoms with van der Waals surface area (Å²) < 4.78 is 1.17. The molecule has 1 aliphatic rings. The lowest BCUT2D eigenvalue weighted by Gasteiger charge is -2.05. The monoisotopic (exact) mass is 317 g/mol. The molecule has 0 fully saturated rings. The van der Waals surface area contributed by atoms with Crippen LogP contribution in [0.4, 0.5) is 0 Å². The highest BCUT2D eigenvalue weighted by molar-refractivity contribution is 7.21. The zero-order chi connectivity index (χ0) is 15.6. The van der Waals surface area contributed by atoms with Crippen molar-refractivity contribution in [2.45, 2.75) is 13.3 Å². The van der Waals surface area contributed by atoms with Crippen LogP contribution >= 0.6 is 11.3 Å². The van der Waals surface area contributed by atoms with Crippen LogP contribution in [0.5, 0.6) is 0 Å². The Kier molecular flexibility index (Phi) is 3.60. The van der Waals surface area contributed by atoms with Gasteiger partial charge in [0.1, 0.15) is 10.7 Å². The number of aromatic nitrogens is 3. The summed E-state index contributed by atoms with van der Waals surface area (Å²) in [6, 6.07) is 8.16. The summed E-state index contributed by atoms with van der Waals surface area (Å²) in [6.07, 6.45) is 13.3. The van der Waals surface area contributed by atoms with Crippen molar-refractivity contribution in [2.24, 2.45) is 0 Å². The lowest BCUT2D eigenvalue weighted by atomic mass is 10.1. The molecule has 4 heteroatoms. The predicted molar refractivity (Wildman–Crippen MR) is 96.3 cm³/mol. The van der Waals surface area contributed by atoms with Crippen LogP contribution in [-0.2, 0) is 0 Å². The van der Waals surface area contributed by atoms with E-state index in [0.29, 0.717) is 0 Å². The van der Waals surface area contributed by atoms with Gasteiger partial charge in [-0.2, -0.15) is 0 Å². The molecule has 0 atom stereocenters. The fourth-order valence-electron chi connectivity index (χ4n) is 2.51. The minimum Gasteiger partial charge on any atom is -0.257 e. The Morgan fingerprint density at radius 1 is 1.09 bits per heavy atom. The first-order chi connectivity index (χ1) is 11.3. The van der Waals surface area contributed by atoms with Crippen molar-refractivity contribution < 1.29 is 0 Å². The average Bonchev–Trinajstić information content (AvgIpc) is 2.81. The molecule has 23 heavy (non-hydrogen) atoms. The maximum absolute atomic E-state index is 4.84. The summed E-state index contributed by atoms with van der Waals surface area (Å²) in [6.45, 7) is 1.98. The van der Waals surface area contributed by atoms with Crippen molar-refractivity contribution in [3.05, 3.63) is 72.2 Å². The molecule has 3 aromatic rings. The third-order valence-corrected chi connectivity index (χ3v) is 4.77. The molecule has 0 amide bonds. The van der Waals surface area contributed by atoms with E-state index in [4.69, 9.17) is 9.97 Å². The molecule has 0 N–H and O–H groups in total. The number of allylic oxidation sites excluding steroid dienone is 6. The van der Waals surface area contributed by atoms with Gasteiger partial charge < -0.3 is 0 Å². The number of para-hydroxylation sites is 1. The van der Waals surface area contributed by atoms with Gasteiger partial charge in [0, 0.05) is 5.57 Å². The molecule has 2 aromatic heterocycles. The lowest BCUT2D eigenvalue weighted by molar-refractivity contribution is 1.10. The van der Waals surface area contributed by atoms with E-state index in [1.54, 1.807) is 11.3 Å². The Balaban J connectivity index is 1.83. The summed E-state index contributed by atoms with van der Waals surface area (Å²) in [5.74, 6) is 0. The zero-order valence-electron chi connectivity index (χ0n) is 12.7. The van der Waals surface area contributed by atoms with Crippen molar-refractivity contribution in [1.82, 2.24) is 15.0 Å². The maximum Gasteiger partial charge on any atom is 0.145 e. The Morgan fingerprint density at radius 2 is 2.00 bits per heavy atom. The maximum atomic E-state index is 4.84. The normalized spacial score (nSPS) is 14.0. The summed E-state index contributed by atoms with van der Waals surface area (Å²) in [7, 11) is 0. The van der Waals surface area contributed by atoms with Gasteiger partial charge in [-0.25, -0.2) is 9.97 Å². The van der Waals surface area contributed by atoms with Gasteiger partial charge in [-0.1, -0.05) is 42.5 Å². The Bertz CT molecular complexity index is 931. The average molecular weight is 317 g/mol. The second-order valence-electron chi connectivity index (χ2n) is 5.36. The predicted octanol–water partition coefficient (Wildman–Crippen LogP) is 4.96. The van der Waals surface area contributed by atoms with E-state index in [1.807, 2.05) is 31.3 Å². The first-order valence-corrected chi connectivity index (χ1v) is 8.36. The molecule has 0 radical (unpaired) electrons. The van der Waals surface area contributed by atoms with Gasteiger partial charge in [0.05, 0.1) is 27.8 Å². The number of aryl methyl sites for hydroxylation is 1. The van der Waals surface area contributed by atoms with Gasteiger partial charge >= 0.3 is 0 Å². The molecule has 0 spiro atoms. The topological polar surface area (TPSA) is 38.7 Å². The molecular weight excluding hydrogens is 302 g/mol. The number of fused-ring (bicyclic) bond motifs is 1. The Morgan fingerprint density at radius 3 is 2.91 bits per heavy atom. The number of benzene rings is 1. The van der Waals surface area contributed by atoms with Crippen molar-refractivity contribution in [2.75, 3.05) is 0 Å². The standard InChI is InChI=1S/C19H15N3S/c1-13-18(19-22-15-10-6-7-11-17(15)23-19)21-16(12-20-13)14-8-4-2-3-5-9-14/h2,4-12H,3H2,1H3. The van der Waals surface area contributed by atoms with E-state index in [0.717, 1.165) is 39.6 Å². The van der Waals surface area contributed by atoms with Crippen LogP contribution in [0.1, 0.15) is 17.8 Å². The van der Waals surface area contributed by atoms with Crippen molar-refractivity contribution >= 4 is 27.1 Å². The highest BCUT2D eigenvalue weighted by Crippen LogP contribution is 2.31. The number of hydrogen-bond donors (Lipinski definition) is 0. The largest absolute Gasteiger partial charge is 0.257 e. The van der Waals surface area contributed by atoms with E-state index in [-0.39, 0.29) is 0 Å². The van der Waals surface area contributed by atoms with Crippen molar-refractivity contribution in [1.29, 1.82) is 0 Å². The Hall–Kier alpha value is -2.59. The summed E-state index contributed by atoms with van der Waals surface area (Å²) >= 11 is 1.66. The molecular formula is C19H15N3S. The summed E-state index contributed by atoms with van der Waals surface area (Å²) in [5.41, 5.74) is 4.74. The smallest absolute Gasteiger partial charge is 0.145 e. The summed E-state index contributed by atoms with van der Waals surface area (Å²) in [4.78, 5) is 14.1. The number of rotatable bonds is 2. The van der Waals surface area contributed by atoms with E-state index in [1.165, 1.54) is 4.70 Å². The van der Waals surface area contributed by atoms with Crippen molar-refractivity contribution in [3.8, 4) is 10.7 Å². The fraction of sp³-hybridized carbons (Fsp3) is 0.105. The van der Waals surface area contributed by atoms with Crippen LogP contribution in [0.2, 0.25) is 0 Å². The van der Waals surface area contributed by atoms with Gasteiger partial charge in [-0.3, -0.25) is 4.98 Å². The van der Waals surface area contributed by atoms with Crippen LogP contribution in [0.3, 0.4) is 0 Å². The second-order valence-corrected chi connectivity index (χ2v) is 6.39. The van der Waals surface area contributed by atoms with E-state index >= 15 is 0 Å². The van der Waals surface area contributed by atoms with E-state index in [9.17, 15) is 0 Å². The third-order valence-electron chi connectivity index (χ3n) is 3.73. The fourth-order valence-corrected chi connectivity index (χ4v) is 3.52. The first kappa shape index (κ1) is 14.0. The zero-order valence-corrected chi connectivity index (χ0v) is 13.5. The Labute approximate surface area is 138 Å². The molecule has 0 saturated heterocycles. The second kappa shape index (κ2) is 5.89. The van der Waals surface area contributed by atoms with Crippen LogP contribution in [-0.4, -0.2) is 15.0 Å². The molecule has 112 valence electrons. The lowest BCUT2D eigenvalue weighted by Crippen LogP contribution is -1.96. The van der Waals surface area contributed by atoms with Crippen LogP contribution < -0.4 is 0 Å². The number of thiazole rings is 1. The van der Waals surface area contributed by atoms with E-state index < -0.39 is 0 Å². The summed E-state index contributed by atoms with van der Waals surface area (Å²) in [5, 5.41) is 0.923. The van der Waals surface area contributed by atoms with Crippen molar-refractivity contribution in [3.63, 3.8) is 0 Å². The molecule has 0 unspecified atom stereocenters. The number of hydrogen-bond acceptors (Lipinski definition) is 4. The van der Waals surface area contributed by atoms with Gasteiger partial charge in [0.25, 0.3) is 0 Å². The third kappa shape index (κ3) is 2.73. The van der Waals surface area contributed by atoms with Crippen LogP contribution in [0.15, 0.2) is 60.8 Å². The van der Waals surface area contributed by atoms with Gasteiger partial charge in [0.2, 0.25) is 0 Å². The highest BCUT2D eigenvalue weighted by Gasteiger charge is 2.13. The first-order valence-electron chi connectivity index (χ1n) is 7.54. The minimum atomic E-state index is 0.867. The number of nitrogens with zero attached hydrogens (tertiary/aromatic N) is 3. The molecule has 0 saturated carbocycles. The van der Waals surface area contributed by atoms with Crippen LogP contribution in [0.25, 0.3) is 26.5 Å². The van der Waals surface area contributed by atoms with Gasteiger partial charge in [-0.15, -0.1) is 11.3 Å². The quantitative estimate of drug-likeness (QED) is 0.670. The minimum absolute atomic E-state index is 0.867. The van der Waals surface area contributed by atoms with Gasteiger partial charge in [0.15, 0.2) is 0 Å². The molecule has 3 nitrogen and oxygen atoms in total. The molecule has 1 aliphatic carbocycles. The SMILES string of the molecule is Cc1ncc(C2=CC=CCC=C2)nc1-c1nc2ccccc2s1. The molecule has 1 aromatic carbocycles. The van der Waals surface area contributed by atoms with Gasteiger partial charge in [-0.05, 0) is 25.5 Å². The molecule has 0 bridgehead atoms. The molecule has 0 aliphatic heterocycles. The molecule has 2 heterocycles. The van der Waals surface area contributed by atoms with E-state index in [2.05, 4.69) is 41.4 Å². The van der Waals surface area contributed by atoms with Crippen LogP contribution in [0, 0.1) is 6.92 Å². The highest BCUT2D eigenvalue weighted by atomic mass is 32.1.